The van der Waals surface area contributed by atoms with Gasteiger partial charge >= 0.3 is 5.97 Å². The SMILES string of the molecule is COC(=O)C1=CC2(c3ccc(OC)cc3C(OC)C2C)C2C=CC1C2. The zero-order valence-corrected chi connectivity index (χ0v) is 15.1. The minimum Gasteiger partial charge on any atom is -0.497 e. The van der Waals surface area contributed by atoms with E-state index < -0.39 is 0 Å². The topological polar surface area (TPSA) is 44.8 Å². The summed E-state index contributed by atoms with van der Waals surface area (Å²) in [6, 6.07) is 6.22. The van der Waals surface area contributed by atoms with E-state index in [0.717, 1.165) is 23.3 Å². The first-order valence-electron chi connectivity index (χ1n) is 8.77. The second-order valence-corrected chi connectivity index (χ2v) is 7.26. The summed E-state index contributed by atoms with van der Waals surface area (Å²) in [5.74, 6) is 1.36. The summed E-state index contributed by atoms with van der Waals surface area (Å²) < 4.78 is 16.4. The van der Waals surface area contributed by atoms with Crippen molar-refractivity contribution in [2.75, 3.05) is 21.3 Å². The molecule has 0 saturated carbocycles. The maximum atomic E-state index is 12.4. The molecular formula is C21H24O4. The molecule has 0 amide bonds. The second-order valence-electron chi connectivity index (χ2n) is 7.26. The molecule has 3 aliphatic rings. The van der Waals surface area contributed by atoms with Crippen molar-refractivity contribution in [1.82, 2.24) is 0 Å². The van der Waals surface area contributed by atoms with Crippen LogP contribution in [-0.4, -0.2) is 27.3 Å². The Hall–Kier alpha value is -2.07. The van der Waals surface area contributed by atoms with Crippen LogP contribution in [0.4, 0.5) is 0 Å². The zero-order chi connectivity index (χ0) is 17.8. The highest BCUT2D eigenvalue weighted by Gasteiger charge is 2.56. The molecule has 3 aliphatic carbocycles. The van der Waals surface area contributed by atoms with Gasteiger partial charge < -0.3 is 14.2 Å². The first-order valence-corrected chi connectivity index (χ1v) is 8.77. The van der Waals surface area contributed by atoms with Crippen LogP contribution in [0, 0.1) is 17.8 Å². The highest BCUT2D eigenvalue weighted by Crippen LogP contribution is 2.61. The lowest BCUT2D eigenvalue weighted by molar-refractivity contribution is -0.136. The molecule has 4 rings (SSSR count). The molecule has 0 radical (unpaired) electrons. The van der Waals surface area contributed by atoms with Crippen LogP contribution >= 0.6 is 0 Å². The third-order valence-electron chi connectivity index (χ3n) is 6.41. The van der Waals surface area contributed by atoms with E-state index in [-0.39, 0.29) is 29.3 Å². The number of hydrogen-bond donors (Lipinski definition) is 0. The van der Waals surface area contributed by atoms with Gasteiger partial charge in [-0.25, -0.2) is 4.79 Å². The molecule has 25 heavy (non-hydrogen) atoms. The summed E-state index contributed by atoms with van der Waals surface area (Å²) in [5, 5.41) is 0. The number of carbonyl (C=O) groups is 1. The molecule has 2 bridgehead atoms. The summed E-state index contributed by atoms with van der Waals surface area (Å²) in [6.07, 6.45) is 7.54. The van der Waals surface area contributed by atoms with E-state index >= 15 is 0 Å². The minimum absolute atomic E-state index is 0.0224. The molecule has 1 aromatic carbocycles. The summed E-state index contributed by atoms with van der Waals surface area (Å²) in [6.45, 7) is 2.22. The Morgan fingerprint density at radius 3 is 2.68 bits per heavy atom. The van der Waals surface area contributed by atoms with Crippen molar-refractivity contribution in [2.45, 2.75) is 24.9 Å². The van der Waals surface area contributed by atoms with E-state index in [9.17, 15) is 4.79 Å². The van der Waals surface area contributed by atoms with Gasteiger partial charge in [0.1, 0.15) is 5.75 Å². The molecule has 0 saturated heterocycles. The van der Waals surface area contributed by atoms with E-state index in [2.05, 4.69) is 37.3 Å². The number of benzene rings is 1. The highest BCUT2D eigenvalue weighted by molar-refractivity contribution is 5.90. The smallest absolute Gasteiger partial charge is 0.334 e. The van der Waals surface area contributed by atoms with Gasteiger partial charge in [0.15, 0.2) is 0 Å². The number of rotatable bonds is 3. The van der Waals surface area contributed by atoms with Crippen molar-refractivity contribution in [3.63, 3.8) is 0 Å². The Kier molecular flexibility index (Phi) is 3.76. The number of esters is 1. The zero-order valence-electron chi connectivity index (χ0n) is 15.1. The van der Waals surface area contributed by atoms with Gasteiger partial charge in [0.25, 0.3) is 0 Å². The van der Waals surface area contributed by atoms with Gasteiger partial charge in [-0.05, 0) is 35.6 Å². The first kappa shape index (κ1) is 16.4. The third-order valence-corrected chi connectivity index (χ3v) is 6.41. The Labute approximate surface area is 148 Å². The van der Waals surface area contributed by atoms with Gasteiger partial charge in [-0.3, -0.25) is 0 Å². The predicted molar refractivity (Wildman–Crippen MR) is 94.4 cm³/mol. The number of carbonyl (C=O) groups excluding carboxylic acids is 1. The fourth-order valence-corrected chi connectivity index (χ4v) is 5.22. The predicted octanol–water partition coefficient (Wildman–Crippen LogP) is 3.58. The fourth-order valence-electron chi connectivity index (χ4n) is 5.22. The third kappa shape index (κ3) is 2.07. The van der Waals surface area contributed by atoms with Crippen LogP contribution in [-0.2, 0) is 19.7 Å². The van der Waals surface area contributed by atoms with Crippen molar-refractivity contribution >= 4 is 5.97 Å². The van der Waals surface area contributed by atoms with Crippen molar-refractivity contribution in [2.24, 2.45) is 17.8 Å². The molecule has 0 aliphatic heterocycles. The molecule has 5 atom stereocenters. The van der Waals surface area contributed by atoms with Crippen LogP contribution in [0.2, 0.25) is 0 Å². The molecule has 1 spiro atoms. The average Bonchev–Trinajstić information content (AvgIpc) is 3.16. The van der Waals surface area contributed by atoms with Gasteiger partial charge in [0.05, 0.1) is 20.3 Å². The maximum Gasteiger partial charge on any atom is 0.334 e. The molecule has 4 heteroatoms. The average molecular weight is 340 g/mol. The highest BCUT2D eigenvalue weighted by atomic mass is 16.5. The van der Waals surface area contributed by atoms with Gasteiger partial charge in [-0.15, -0.1) is 0 Å². The van der Waals surface area contributed by atoms with Crippen LogP contribution < -0.4 is 4.74 Å². The van der Waals surface area contributed by atoms with Crippen LogP contribution in [0.3, 0.4) is 0 Å². The summed E-state index contributed by atoms with van der Waals surface area (Å²) in [5.41, 5.74) is 2.94. The summed E-state index contributed by atoms with van der Waals surface area (Å²) >= 11 is 0. The molecule has 0 heterocycles. The molecule has 1 aromatic rings. The molecule has 0 N–H and O–H groups in total. The number of allylic oxidation sites excluding steroid dienone is 3. The Morgan fingerprint density at radius 1 is 1.20 bits per heavy atom. The summed E-state index contributed by atoms with van der Waals surface area (Å²) in [7, 11) is 4.89. The van der Waals surface area contributed by atoms with E-state index in [1.54, 1.807) is 14.2 Å². The molecule has 0 aromatic heterocycles. The Bertz CT molecular complexity index is 778. The largest absolute Gasteiger partial charge is 0.497 e. The van der Waals surface area contributed by atoms with Gasteiger partial charge in [-0.1, -0.05) is 31.2 Å². The van der Waals surface area contributed by atoms with Crippen molar-refractivity contribution < 1.29 is 19.0 Å². The van der Waals surface area contributed by atoms with Gasteiger partial charge in [0, 0.05) is 29.9 Å². The maximum absolute atomic E-state index is 12.4. The van der Waals surface area contributed by atoms with Gasteiger partial charge in [-0.2, -0.15) is 0 Å². The number of fused-ring (bicyclic) bond motifs is 5. The lowest BCUT2D eigenvalue weighted by Crippen LogP contribution is -2.40. The lowest BCUT2D eigenvalue weighted by Gasteiger charge is -2.42. The van der Waals surface area contributed by atoms with E-state index in [1.165, 1.54) is 12.7 Å². The monoisotopic (exact) mass is 340 g/mol. The standard InChI is InChI=1S/C21H24O4/c1-12-19(24-3)16-10-15(23-2)7-8-18(16)21(12)11-17(20(22)25-4)13-5-6-14(21)9-13/h5-8,10-14,19H,9H2,1-4H3. The van der Waals surface area contributed by atoms with Crippen LogP contribution in [0.1, 0.15) is 30.6 Å². The van der Waals surface area contributed by atoms with Crippen molar-refractivity contribution in [1.29, 1.82) is 0 Å². The molecular weight excluding hydrogens is 316 g/mol. The lowest BCUT2D eigenvalue weighted by atomic mass is 9.61. The van der Waals surface area contributed by atoms with Crippen molar-refractivity contribution in [3.05, 3.63) is 53.1 Å². The van der Waals surface area contributed by atoms with Crippen molar-refractivity contribution in [3.8, 4) is 5.75 Å². The first-order chi connectivity index (χ1) is 12.1. The molecule has 0 fully saturated rings. The second kappa shape index (κ2) is 5.73. The van der Waals surface area contributed by atoms with Gasteiger partial charge in [0.2, 0.25) is 0 Å². The summed E-state index contributed by atoms with van der Waals surface area (Å²) in [4.78, 5) is 12.4. The Morgan fingerprint density at radius 2 is 2.00 bits per heavy atom. The van der Waals surface area contributed by atoms with E-state index in [4.69, 9.17) is 14.2 Å². The molecule has 5 unspecified atom stereocenters. The fraction of sp³-hybridized carbons (Fsp3) is 0.476. The van der Waals surface area contributed by atoms with Crippen LogP contribution in [0.15, 0.2) is 42.0 Å². The minimum atomic E-state index is -0.241. The number of ether oxygens (including phenoxy) is 3. The van der Waals surface area contributed by atoms with E-state index in [0.29, 0.717) is 5.92 Å². The molecule has 132 valence electrons. The number of hydrogen-bond acceptors (Lipinski definition) is 4. The van der Waals surface area contributed by atoms with Crippen LogP contribution in [0.25, 0.3) is 0 Å². The Balaban J connectivity index is 1.95. The normalized spacial score (nSPS) is 34.8. The van der Waals surface area contributed by atoms with Crippen LogP contribution in [0.5, 0.6) is 5.75 Å². The quantitative estimate of drug-likeness (QED) is 0.623. The number of methoxy groups -OCH3 is 3. The van der Waals surface area contributed by atoms with E-state index in [1.807, 2.05) is 6.07 Å². The molecule has 4 nitrogen and oxygen atoms in total.